The van der Waals surface area contributed by atoms with Crippen LogP contribution in [0.25, 0.3) is 0 Å². The predicted octanol–water partition coefficient (Wildman–Crippen LogP) is 2.38. The van der Waals surface area contributed by atoms with Crippen LogP contribution in [-0.4, -0.2) is 26.4 Å². The van der Waals surface area contributed by atoms with E-state index in [1.165, 1.54) is 29.7 Å². The van der Waals surface area contributed by atoms with Crippen LogP contribution >= 0.6 is 0 Å². The van der Waals surface area contributed by atoms with Crippen LogP contribution in [0.5, 0.6) is 0 Å². The Hall–Kier alpha value is -1.81. The maximum Gasteiger partial charge on any atom is 0.128 e. The van der Waals surface area contributed by atoms with Crippen molar-refractivity contribution in [1.82, 2.24) is 19.9 Å². The van der Waals surface area contributed by atoms with Crippen LogP contribution in [0.2, 0.25) is 0 Å². The number of hydrogen-bond acceptors (Lipinski definition) is 4. The Morgan fingerprint density at radius 2 is 2.05 bits per heavy atom. The zero-order valence-electron chi connectivity index (χ0n) is 12.2. The van der Waals surface area contributed by atoms with Crippen molar-refractivity contribution in [2.45, 2.75) is 38.8 Å². The highest BCUT2D eigenvalue weighted by atomic mass is 15.1. The van der Waals surface area contributed by atoms with E-state index in [9.17, 15) is 0 Å². The molecule has 1 saturated carbocycles. The van der Waals surface area contributed by atoms with Crippen LogP contribution in [0.1, 0.15) is 35.5 Å². The summed E-state index contributed by atoms with van der Waals surface area (Å²) in [6, 6.07) is 4.18. The first-order chi connectivity index (χ1) is 10.4. The average molecular weight is 280 g/mol. The van der Waals surface area contributed by atoms with Crippen molar-refractivity contribution in [3.63, 3.8) is 0 Å². The molecule has 2 aliphatic rings. The lowest BCUT2D eigenvalue weighted by Gasteiger charge is -2.28. The minimum absolute atomic E-state index is 0.847. The Morgan fingerprint density at radius 1 is 1.19 bits per heavy atom. The quantitative estimate of drug-likeness (QED) is 0.862. The summed E-state index contributed by atoms with van der Waals surface area (Å²) in [7, 11) is 0. The number of fused-ring (bicyclic) bond motifs is 1. The van der Waals surface area contributed by atoms with E-state index in [0.29, 0.717) is 0 Å². The van der Waals surface area contributed by atoms with Gasteiger partial charge < -0.3 is 0 Å². The second kappa shape index (κ2) is 5.53. The highest BCUT2D eigenvalue weighted by Gasteiger charge is 2.24. The van der Waals surface area contributed by atoms with Crippen LogP contribution in [0, 0.1) is 5.92 Å². The highest BCUT2D eigenvalue weighted by Crippen LogP contribution is 2.32. The molecule has 108 valence electrons. The van der Waals surface area contributed by atoms with Crippen molar-refractivity contribution in [3.05, 3.63) is 53.4 Å². The van der Waals surface area contributed by atoms with Gasteiger partial charge in [0.25, 0.3) is 0 Å². The van der Waals surface area contributed by atoms with Gasteiger partial charge in [-0.1, -0.05) is 0 Å². The lowest BCUT2D eigenvalue weighted by molar-refractivity contribution is 0.240. The summed E-state index contributed by atoms with van der Waals surface area (Å²) in [5.74, 6) is 1.89. The van der Waals surface area contributed by atoms with E-state index in [0.717, 1.165) is 44.2 Å². The summed E-state index contributed by atoms with van der Waals surface area (Å²) in [6.45, 7) is 3.00. The van der Waals surface area contributed by atoms with Gasteiger partial charge in [0, 0.05) is 44.6 Å². The highest BCUT2D eigenvalue weighted by molar-refractivity contribution is 5.21. The molecule has 0 N–H and O–H groups in total. The number of aromatic nitrogens is 3. The Labute approximate surface area is 125 Å². The van der Waals surface area contributed by atoms with E-state index in [1.807, 2.05) is 12.4 Å². The monoisotopic (exact) mass is 280 g/mol. The lowest BCUT2D eigenvalue weighted by Crippen LogP contribution is -2.31. The van der Waals surface area contributed by atoms with E-state index < -0.39 is 0 Å². The summed E-state index contributed by atoms with van der Waals surface area (Å²) in [5, 5.41) is 0. The van der Waals surface area contributed by atoms with E-state index in [1.54, 1.807) is 0 Å². The first kappa shape index (κ1) is 12.9. The standard InChI is InChI=1S/C17H20N4/c1-2-13(1)9-17-19-10-15-5-8-21(12-16(15)20-17)11-14-3-6-18-7-4-14/h3-4,6-7,10,13H,1-2,5,8-9,11-12H2. The Morgan fingerprint density at radius 3 is 2.86 bits per heavy atom. The molecular formula is C17H20N4. The molecule has 4 nitrogen and oxygen atoms in total. The fourth-order valence-corrected chi connectivity index (χ4v) is 2.96. The van der Waals surface area contributed by atoms with E-state index in [4.69, 9.17) is 4.98 Å². The number of pyridine rings is 1. The molecule has 4 rings (SSSR count). The van der Waals surface area contributed by atoms with Crippen LogP contribution in [-0.2, 0) is 25.9 Å². The summed E-state index contributed by atoms with van der Waals surface area (Å²) in [4.78, 5) is 15.9. The SMILES string of the molecule is c1cc(CN2CCc3cnc(CC4CC4)nc3C2)ccn1. The van der Waals surface area contributed by atoms with Crippen LogP contribution < -0.4 is 0 Å². The molecule has 0 aromatic carbocycles. The van der Waals surface area contributed by atoms with E-state index >= 15 is 0 Å². The molecule has 3 heterocycles. The summed E-state index contributed by atoms with van der Waals surface area (Å²) in [6.07, 6.45) is 10.6. The lowest BCUT2D eigenvalue weighted by atomic mass is 10.1. The van der Waals surface area contributed by atoms with Gasteiger partial charge in [-0.3, -0.25) is 9.88 Å². The molecule has 0 spiro atoms. The van der Waals surface area contributed by atoms with Gasteiger partial charge >= 0.3 is 0 Å². The third kappa shape index (κ3) is 3.10. The summed E-state index contributed by atoms with van der Waals surface area (Å²) < 4.78 is 0. The first-order valence-corrected chi connectivity index (χ1v) is 7.82. The van der Waals surface area contributed by atoms with Gasteiger partial charge in [0.1, 0.15) is 5.82 Å². The number of hydrogen-bond donors (Lipinski definition) is 0. The van der Waals surface area contributed by atoms with Crippen molar-refractivity contribution in [1.29, 1.82) is 0 Å². The van der Waals surface area contributed by atoms with Crippen LogP contribution in [0.15, 0.2) is 30.7 Å². The van der Waals surface area contributed by atoms with Gasteiger partial charge in [0.05, 0.1) is 5.69 Å². The Bertz CT molecular complexity index is 622. The molecule has 0 amide bonds. The second-order valence-corrected chi connectivity index (χ2v) is 6.22. The third-order valence-electron chi connectivity index (χ3n) is 4.40. The normalized spacial score (nSPS) is 18.5. The summed E-state index contributed by atoms with van der Waals surface area (Å²) >= 11 is 0. The van der Waals surface area contributed by atoms with Crippen molar-refractivity contribution in [2.75, 3.05) is 6.54 Å². The molecule has 0 bridgehead atoms. The van der Waals surface area contributed by atoms with Crippen molar-refractivity contribution in [3.8, 4) is 0 Å². The maximum atomic E-state index is 4.82. The van der Waals surface area contributed by atoms with Gasteiger partial charge in [0.2, 0.25) is 0 Å². The molecule has 0 unspecified atom stereocenters. The van der Waals surface area contributed by atoms with E-state index in [-0.39, 0.29) is 0 Å². The van der Waals surface area contributed by atoms with Gasteiger partial charge in [-0.15, -0.1) is 0 Å². The molecule has 0 radical (unpaired) electrons. The maximum absolute atomic E-state index is 4.82. The molecule has 0 saturated heterocycles. The number of rotatable bonds is 4. The predicted molar refractivity (Wildman–Crippen MR) is 80.5 cm³/mol. The smallest absolute Gasteiger partial charge is 0.128 e. The number of nitrogens with zero attached hydrogens (tertiary/aromatic N) is 4. The largest absolute Gasteiger partial charge is 0.293 e. The van der Waals surface area contributed by atoms with Crippen molar-refractivity contribution >= 4 is 0 Å². The van der Waals surface area contributed by atoms with E-state index in [2.05, 4.69) is 33.2 Å². The fraction of sp³-hybridized carbons (Fsp3) is 0.471. The van der Waals surface area contributed by atoms with Crippen LogP contribution in [0.3, 0.4) is 0 Å². The second-order valence-electron chi connectivity index (χ2n) is 6.22. The van der Waals surface area contributed by atoms with Crippen molar-refractivity contribution < 1.29 is 0 Å². The molecule has 21 heavy (non-hydrogen) atoms. The molecule has 0 atom stereocenters. The first-order valence-electron chi connectivity index (χ1n) is 7.82. The zero-order valence-corrected chi connectivity index (χ0v) is 12.2. The Balaban J connectivity index is 1.47. The minimum Gasteiger partial charge on any atom is -0.293 e. The third-order valence-corrected chi connectivity index (χ3v) is 4.40. The molecular weight excluding hydrogens is 260 g/mol. The van der Waals surface area contributed by atoms with Gasteiger partial charge in [-0.05, 0) is 48.4 Å². The molecule has 4 heteroatoms. The zero-order chi connectivity index (χ0) is 14.1. The topological polar surface area (TPSA) is 41.9 Å². The van der Waals surface area contributed by atoms with Gasteiger partial charge in [-0.2, -0.15) is 0 Å². The summed E-state index contributed by atoms with van der Waals surface area (Å²) in [5.41, 5.74) is 3.89. The Kier molecular flexibility index (Phi) is 3.39. The molecule has 2 aromatic rings. The molecule has 1 aliphatic carbocycles. The average Bonchev–Trinajstić information content (AvgIpc) is 3.32. The molecule has 1 aliphatic heterocycles. The van der Waals surface area contributed by atoms with Gasteiger partial charge in [0.15, 0.2) is 0 Å². The van der Waals surface area contributed by atoms with Gasteiger partial charge in [-0.25, -0.2) is 9.97 Å². The van der Waals surface area contributed by atoms with Crippen LogP contribution in [0.4, 0.5) is 0 Å². The van der Waals surface area contributed by atoms with Crippen molar-refractivity contribution in [2.24, 2.45) is 5.92 Å². The fourth-order valence-electron chi connectivity index (χ4n) is 2.96. The molecule has 2 aromatic heterocycles. The minimum atomic E-state index is 0.847. The molecule has 1 fully saturated rings.